The molecule has 0 radical (unpaired) electrons. The molecule has 0 aromatic heterocycles. The van der Waals surface area contributed by atoms with E-state index in [0.29, 0.717) is 6.61 Å². The molecule has 1 unspecified atom stereocenters. The highest BCUT2D eigenvalue weighted by Crippen LogP contribution is 2.25. The van der Waals surface area contributed by atoms with Crippen molar-refractivity contribution in [1.82, 2.24) is 0 Å². The van der Waals surface area contributed by atoms with Gasteiger partial charge in [0.05, 0.1) is 6.61 Å². The number of rotatable bonds is 0. The molecule has 0 saturated carbocycles. The molecule has 0 spiro atoms. The van der Waals surface area contributed by atoms with Gasteiger partial charge in [-0.2, -0.15) is 0 Å². The number of hydrogen-bond acceptors (Lipinski definition) is 3. The van der Waals surface area contributed by atoms with Crippen LogP contribution in [-0.2, 0) is 9.53 Å². The molecule has 1 fully saturated rings. The van der Waals surface area contributed by atoms with E-state index in [1.807, 2.05) is 13.8 Å². The zero-order valence-corrected chi connectivity index (χ0v) is 6.26. The first-order valence-corrected chi connectivity index (χ1v) is 3.32. The molecular formula is C7H12O3. The first-order valence-electron chi connectivity index (χ1n) is 3.32. The standard InChI is InChI=1S/C7H12O3/c1-7(2)4-10-3-5(8)6(7)9/h6,9H,3-4H2,1-2H3. The smallest absolute Gasteiger partial charge is 0.187 e. The average Bonchev–Trinajstić information content (AvgIpc) is 1.83. The van der Waals surface area contributed by atoms with E-state index in [0.717, 1.165) is 0 Å². The molecule has 1 atom stereocenters. The van der Waals surface area contributed by atoms with Crippen LogP contribution in [0.2, 0.25) is 0 Å². The molecule has 3 nitrogen and oxygen atoms in total. The van der Waals surface area contributed by atoms with Crippen LogP contribution < -0.4 is 0 Å². The van der Waals surface area contributed by atoms with E-state index in [1.54, 1.807) is 0 Å². The van der Waals surface area contributed by atoms with Crippen LogP contribution in [0.3, 0.4) is 0 Å². The lowest BCUT2D eigenvalue weighted by atomic mass is 9.84. The number of Topliss-reactive ketones (excluding diaryl/α,β-unsaturated/α-hetero) is 1. The summed E-state index contributed by atoms with van der Waals surface area (Å²) < 4.78 is 4.96. The maximum atomic E-state index is 10.8. The van der Waals surface area contributed by atoms with Crippen LogP contribution in [-0.4, -0.2) is 30.2 Å². The van der Waals surface area contributed by atoms with Crippen molar-refractivity contribution in [2.45, 2.75) is 20.0 Å². The third kappa shape index (κ3) is 1.20. The predicted molar refractivity (Wildman–Crippen MR) is 35.6 cm³/mol. The van der Waals surface area contributed by atoms with Gasteiger partial charge in [-0.05, 0) is 0 Å². The fourth-order valence-electron chi connectivity index (χ4n) is 1.01. The number of ketones is 1. The molecule has 10 heavy (non-hydrogen) atoms. The van der Waals surface area contributed by atoms with Gasteiger partial charge in [0.15, 0.2) is 5.78 Å². The highest BCUT2D eigenvalue weighted by molar-refractivity contribution is 5.85. The topological polar surface area (TPSA) is 46.5 Å². The van der Waals surface area contributed by atoms with Crippen LogP contribution in [0, 0.1) is 5.41 Å². The summed E-state index contributed by atoms with van der Waals surface area (Å²) in [4.78, 5) is 10.8. The van der Waals surface area contributed by atoms with Crippen molar-refractivity contribution in [2.75, 3.05) is 13.2 Å². The van der Waals surface area contributed by atoms with E-state index in [4.69, 9.17) is 4.74 Å². The van der Waals surface area contributed by atoms with Gasteiger partial charge in [-0.15, -0.1) is 0 Å². The van der Waals surface area contributed by atoms with Crippen LogP contribution in [0.25, 0.3) is 0 Å². The van der Waals surface area contributed by atoms with Gasteiger partial charge in [-0.25, -0.2) is 0 Å². The Labute approximate surface area is 60.0 Å². The van der Waals surface area contributed by atoms with Crippen LogP contribution in [0.4, 0.5) is 0 Å². The SMILES string of the molecule is CC1(C)COCC(=O)C1O. The molecule has 1 heterocycles. The lowest BCUT2D eigenvalue weighted by Gasteiger charge is -2.33. The quantitative estimate of drug-likeness (QED) is 0.519. The second-order valence-corrected chi connectivity index (χ2v) is 3.35. The molecule has 3 heteroatoms. The average molecular weight is 144 g/mol. The first kappa shape index (κ1) is 7.69. The van der Waals surface area contributed by atoms with Crippen molar-refractivity contribution in [1.29, 1.82) is 0 Å². The molecule has 1 saturated heterocycles. The highest BCUT2D eigenvalue weighted by Gasteiger charge is 2.37. The minimum atomic E-state index is -0.846. The largest absolute Gasteiger partial charge is 0.385 e. The van der Waals surface area contributed by atoms with Crippen LogP contribution in [0.15, 0.2) is 0 Å². The Bertz CT molecular complexity index is 151. The number of carbonyl (C=O) groups is 1. The fourth-order valence-corrected chi connectivity index (χ4v) is 1.01. The molecule has 0 aromatic carbocycles. The molecule has 0 aromatic rings. The Balaban J connectivity index is 2.69. The summed E-state index contributed by atoms with van der Waals surface area (Å²) in [5, 5.41) is 9.28. The molecule has 0 bridgehead atoms. The number of hydrogen-bond donors (Lipinski definition) is 1. The Morgan fingerprint density at radius 3 is 2.70 bits per heavy atom. The van der Waals surface area contributed by atoms with E-state index in [2.05, 4.69) is 0 Å². The van der Waals surface area contributed by atoms with Gasteiger partial charge in [0.25, 0.3) is 0 Å². The van der Waals surface area contributed by atoms with Gasteiger partial charge < -0.3 is 9.84 Å². The van der Waals surface area contributed by atoms with Crippen molar-refractivity contribution in [3.8, 4) is 0 Å². The summed E-state index contributed by atoms with van der Waals surface area (Å²) in [7, 11) is 0. The summed E-state index contributed by atoms with van der Waals surface area (Å²) in [5.74, 6) is -0.212. The number of aliphatic hydroxyl groups is 1. The Kier molecular flexibility index (Phi) is 1.79. The van der Waals surface area contributed by atoms with Crippen molar-refractivity contribution in [3.63, 3.8) is 0 Å². The van der Waals surface area contributed by atoms with Crippen molar-refractivity contribution in [2.24, 2.45) is 5.41 Å². The Morgan fingerprint density at radius 1 is 1.70 bits per heavy atom. The molecular weight excluding hydrogens is 132 g/mol. The van der Waals surface area contributed by atoms with Gasteiger partial charge in [0.1, 0.15) is 12.7 Å². The second-order valence-electron chi connectivity index (χ2n) is 3.35. The van der Waals surface area contributed by atoms with Gasteiger partial charge in [0, 0.05) is 5.41 Å². The normalized spacial score (nSPS) is 32.3. The minimum Gasteiger partial charge on any atom is -0.385 e. The van der Waals surface area contributed by atoms with Crippen LogP contribution in [0.1, 0.15) is 13.8 Å². The van der Waals surface area contributed by atoms with E-state index < -0.39 is 11.5 Å². The summed E-state index contributed by atoms with van der Waals surface area (Å²) in [6, 6.07) is 0. The van der Waals surface area contributed by atoms with E-state index >= 15 is 0 Å². The van der Waals surface area contributed by atoms with Crippen molar-refractivity contribution >= 4 is 5.78 Å². The molecule has 0 amide bonds. The van der Waals surface area contributed by atoms with Crippen LogP contribution >= 0.6 is 0 Å². The predicted octanol–water partition coefficient (Wildman–Crippen LogP) is -0.0272. The minimum absolute atomic E-state index is 0.0601. The summed E-state index contributed by atoms with van der Waals surface area (Å²) in [6.07, 6.45) is -0.846. The number of ether oxygens (including phenoxy) is 1. The van der Waals surface area contributed by atoms with Gasteiger partial charge >= 0.3 is 0 Å². The maximum Gasteiger partial charge on any atom is 0.187 e. The summed E-state index contributed by atoms with van der Waals surface area (Å²) in [5.41, 5.74) is -0.407. The van der Waals surface area contributed by atoms with Gasteiger partial charge in [-0.3, -0.25) is 4.79 Å². The van der Waals surface area contributed by atoms with Crippen LogP contribution in [0.5, 0.6) is 0 Å². The zero-order chi connectivity index (χ0) is 7.78. The third-order valence-corrected chi connectivity index (χ3v) is 1.76. The molecule has 1 N–H and O–H groups in total. The lowest BCUT2D eigenvalue weighted by Crippen LogP contribution is -2.46. The molecule has 58 valence electrons. The highest BCUT2D eigenvalue weighted by atomic mass is 16.5. The maximum absolute atomic E-state index is 10.8. The van der Waals surface area contributed by atoms with E-state index in [-0.39, 0.29) is 12.4 Å². The Morgan fingerprint density at radius 2 is 2.30 bits per heavy atom. The lowest BCUT2D eigenvalue weighted by molar-refractivity contribution is -0.152. The van der Waals surface area contributed by atoms with Crippen molar-refractivity contribution in [3.05, 3.63) is 0 Å². The third-order valence-electron chi connectivity index (χ3n) is 1.76. The number of carbonyl (C=O) groups excluding carboxylic acids is 1. The van der Waals surface area contributed by atoms with E-state index in [9.17, 15) is 9.90 Å². The summed E-state index contributed by atoms with van der Waals surface area (Å²) in [6.45, 7) is 4.15. The molecule has 0 aliphatic carbocycles. The monoisotopic (exact) mass is 144 g/mol. The molecule has 1 aliphatic rings. The zero-order valence-electron chi connectivity index (χ0n) is 6.26. The fraction of sp³-hybridized carbons (Fsp3) is 0.857. The second kappa shape index (κ2) is 2.32. The van der Waals surface area contributed by atoms with Gasteiger partial charge in [-0.1, -0.05) is 13.8 Å². The molecule has 1 rings (SSSR count). The number of aliphatic hydroxyl groups excluding tert-OH is 1. The molecule has 1 aliphatic heterocycles. The van der Waals surface area contributed by atoms with Gasteiger partial charge in [0.2, 0.25) is 0 Å². The van der Waals surface area contributed by atoms with E-state index in [1.165, 1.54) is 0 Å². The Hall–Kier alpha value is -0.410. The van der Waals surface area contributed by atoms with Crippen molar-refractivity contribution < 1.29 is 14.6 Å². The first-order chi connectivity index (χ1) is 4.54. The summed E-state index contributed by atoms with van der Waals surface area (Å²) >= 11 is 0.